The minimum atomic E-state index is 0.501. The Hall–Kier alpha value is -0.300. The third kappa shape index (κ3) is 4.28. The fourth-order valence-electron chi connectivity index (χ4n) is 1.73. The minimum absolute atomic E-state index is 0.501. The molecule has 0 aromatic carbocycles. The summed E-state index contributed by atoms with van der Waals surface area (Å²) in [4.78, 5) is 1.58. The predicted molar refractivity (Wildman–Crippen MR) is 67.0 cm³/mol. The first-order valence-electron chi connectivity index (χ1n) is 5.89. The van der Waals surface area contributed by atoms with Crippen molar-refractivity contribution >= 4 is 10.5 Å². The fourth-order valence-corrected chi connectivity index (χ4v) is 3.44. The second-order valence-corrected chi connectivity index (χ2v) is 6.19. The van der Waals surface area contributed by atoms with Crippen molar-refractivity contribution in [1.29, 1.82) is 0 Å². The van der Waals surface area contributed by atoms with Crippen LogP contribution in [-0.2, 0) is 5.75 Å². The number of hydrogen-bond acceptors (Lipinski definition) is 0. The first-order valence-corrected chi connectivity index (χ1v) is 7.35. The molecule has 1 aromatic rings. The normalized spacial score (nSPS) is 12.0. The van der Waals surface area contributed by atoms with Crippen LogP contribution in [0.3, 0.4) is 0 Å². The lowest BCUT2D eigenvalue weighted by Gasteiger charge is -1.96. The van der Waals surface area contributed by atoms with Crippen LogP contribution in [0.1, 0.15) is 50.3 Å². The summed E-state index contributed by atoms with van der Waals surface area (Å²) in [5.74, 6) is 1.39. The molecule has 0 aliphatic rings. The van der Waals surface area contributed by atoms with Crippen LogP contribution in [-0.4, -0.2) is 0 Å². The molecule has 0 saturated carbocycles. The van der Waals surface area contributed by atoms with Gasteiger partial charge in [0, 0.05) is 6.92 Å². The summed E-state index contributed by atoms with van der Waals surface area (Å²) in [6.45, 7) is 4.54. The number of aryl methyl sites for hydroxylation is 2. The van der Waals surface area contributed by atoms with E-state index >= 15 is 0 Å². The van der Waals surface area contributed by atoms with Gasteiger partial charge < -0.3 is 0 Å². The maximum absolute atomic E-state index is 2.38. The van der Waals surface area contributed by atoms with Crippen molar-refractivity contribution in [2.24, 2.45) is 0 Å². The van der Waals surface area contributed by atoms with Crippen LogP contribution in [0, 0.1) is 6.92 Å². The molecule has 14 heavy (non-hydrogen) atoms. The van der Waals surface area contributed by atoms with E-state index in [0.29, 0.717) is 10.5 Å². The SMILES string of the molecule is CCCCCCCC[s+]1cccc1C. The second kappa shape index (κ2) is 7.05. The Labute approximate surface area is 91.3 Å². The van der Waals surface area contributed by atoms with Crippen LogP contribution >= 0.6 is 10.5 Å². The fraction of sp³-hybridized carbons (Fsp3) is 0.692. The molecule has 0 amide bonds. The van der Waals surface area contributed by atoms with Gasteiger partial charge in [0.25, 0.3) is 0 Å². The topological polar surface area (TPSA) is 0 Å². The molecular formula is C13H23S+. The van der Waals surface area contributed by atoms with E-state index in [1.54, 1.807) is 4.88 Å². The summed E-state index contributed by atoms with van der Waals surface area (Å²) in [6, 6.07) is 4.48. The van der Waals surface area contributed by atoms with Gasteiger partial charge in [0.2, 0.25) is 0 Å². The number of unbranched alkanes of at least 4 members (excludes halogenated alkanes) is 5. The molecule has 1 rings (SSSR count). The molecule has 0 fully saturated rings. The smallest absolute Gasteiger partial charge is 0.0654 e. The number of rotatable bonds is 7. The molecule has 0 aliphatic heterocycles. The zero-order valence-corrected chi connectivity index (χ0v) is 10.4. The van der Waals surface area contributed by atoms with Crippen molar-refractivity contribution in [3.05, 3.63) is 22.4 Å². The van der Waals surface area contributed by atoms with Gasteiger partial charge in [-0.1, -0.05) is 32.6 Å². The van der Waals surface area contributed by atoms with E-state index in [9.17, 15) is 0 Å². The largest absolute Gasteiger partial charge is 0.147 e. The summed E-state index contributed by atoms with van der Waals surface area (Å²) in [5.41, 5.74) is 0. The number of hydrogen-bond donors (Lipinski definition) is 0. The quantitative estimate of drug-likeness (QED) is 0.434. The van der Waals surface area contributed by atoms with E-state index in [4.69, 9.17) is 0 Å². The Morgan fingerprint density at radius 2 is 1.79 bits per heavy atom. The third-order valence-electron chi connectivity index (χ3n) is 2.71. The van der Waals surface area contributed by atoms with Crippen molar-refractivity contribution in [3.63, 3.8) is 0 Å². The van der Waals surface area contributed by atoms with Crippen LogP contribution in [0.15, 0.2) is 17.5 Å². The third-order valence-corrected chi connectivity index (χ3v) is 4.88. The van der Waals surface area contributed by atoms with E-state index in [2.05, 4.69) is 31.4 Å². The summed E-state index contributed by atoms with van der Waals surface area (Å²) < 4.78 is 0. The zero-order valence-electron chi connectivity index (χ0n) is 9.59. The molecule has 80 valence electrons. The summed E-state index contributed by atoms with van der Waals surface area (Å²) >= 11 is 0. The van der Waals surface area contributed by atoms with Gasteiger partial charge in [-0.2, -0.15) is 0 Å². The maximum Gasteiger partial charge on any atom is 0.147 e. The Kier molecular flexibility index (Phi) is 5.93. The van der Waals surface area contributed by atoms with Crippen LogP contribution in [0.2, 0.25) is 0 Å². The molecule has 0 bridgehead atoms. The molecule has 0 aliphatic carbocycles. The molecule has 1 aromatic heterocycles. The highest BCUT2D eigenvalue weighted by atomic mass is 32.2. The standard InChI is InChI=1S/C13H23S/c1-3-4-5-6-7-8-11-14-12-9-10-13(14)2/h9-10,12H,3-8,11H2,1-2H3/q+1. The molecule has 1 heteroatoms. The summed E-state index contributed by atoms with van der Waals surface area (Å²) in [6.07, 6.45) is 8.51. The lowest BCUT2D eigenvalue weighted by molar-refractivity contribution is 0.618. The molecule has 0 nitrogen and oxygen atoms in total. The second-order valence-electron chi connectivity index (χ2n) is 4.01. The first kappa shape index (κ1) is 11.8. The first-order chi connectivity index (χ1) is 6.84. The van der Waals surface area contributed by atoms with Crippen molar-refractivity contribution in [2.45, 2.75) is 58.1 Å². The lowest BCUT2D eigenvalue weighted by atomic mass is 10.1. The molecule has 0 N–H and O–H groups in total. The van der Waals surface area contributed by atoms with Crippen molar-refractivity contribution < 1.29 is 0 Å². The van der Waals surface area contributed by atoms with Gasteiger partial charge in [0.1, 0.15) is 16.0 Å². The van der Waals surface area contributed by atoms with Gasteiger partial charge >= 0.3 is 0 Å². The highest BCUT2D eigenvalue weighted by molar-refractivity contribution is 7.29. The molecule has 0 spiro atoms. The van der Waals surface area contributed by atoms with Gasteiger partial charge in [-0.25, -0.2) is 0 Å². The average Bonchev–Trinajstić information content (AvgIpc) is 2.58. The molecule has 1 atom stereocenters. The van der Waals surface area contributed by atoms with E-state index in [0.717, 1.165) is 0 Å². The van der Waals surface area contributed by atoms with Gasteiger partial charge in [-0.05, 0) is 35.4 Å². The van der Waals surface area contributed by atoms with Crippen LogP contribution in [0.4, 0.5) is 0 Å². The zero-order chi connectivity index (χ0) is 10.2. The van der Waals surface area contributed by atoms with Gasteiger partial charge in [0.05, 0.1) is 0 Å². The lowest BCUT2D eigenvalue weighted by Crippen LogP contribution is -1.80. The highest BCUT2D eigenvalue weighted by Gasteiger charge is 2.06. The summed E-state index contributed by atoms with van der Waals surface area (Å²) in [5, 5.41) is 2.38. The van der Waals surface area contributed by atoms with Crippen molar-refractivity contribution in [1.82, 2.24) is 0 Å². The van der Waals surface area contributed by atoms with E-state index < -0.39 is 0 Å². The molecule has 1 unspecified atom stereocenters. The Morgan fingerprint density at radius 1 is 1.07 bits per heavy atom. The van der Waals surface area contributed by atoms with E-state index in [-0.39, 0.29) is 0 Å². The maximum atomic E-state index is 2.38. The van der Waals surface area contributed by atoms with Crippen molar-refractivity contribution in [3.8, 4) is 0 Å². The van der Waals surface area contributed by atoms with Crippen molar-refractivity contribution in [2.75, 3.05) is 0 Å². The van der Waals surface area contributed by atoms with Gasteiger partial charge in [-0.15, -0.1) is 0 Å². The Bertz CT molecular complexity index is 237. The van der Waals surface area contributed by atoms with Gasteiger partial charge in [0.15, 0.2) is 0 Å². The summed E-state index contributed by atoms with van der Waals surface area (Å²) in [7, 11) is 0.501. The van der Waals surface area contributed by atoms with E-state index in [1.807, 2.05) is 0 Å². The average molecular weight is 211 g/mol. The Morgan fingerprint density at radius 3 is 2.43 bits per heavy atom. The Balaban J connectivity index is 2.02. The predicted octanol–water partition coefficient (Wildman–Crippen LogP) is 5.10. The number of thiophene rings is 1. The van der Waals surface area contributed by atoms with Gasteiger partial charge in [-0.3, -0.25) is 0 Å². The van der Waals surface area contributed by atoms with Crippen LogP contribution < -0.4 is 0 Å². The minimum Gasteiger partial charge on any atom is -0.0654 e. The van der Waals surface area contributed by atoms with Crippen LogP contribution in [0.5, 0.6) is 0 Å². The molecular weight excluding hydrogens is 188 g/mol. The highest BCUT2D eigenvalue weighted by Crippen LogP contribution is 2.26. The molecule has 0 radical (unpaired) electrons. The molecule has 0 saturated heterocycles. The monoisotopic (exact) mass is 211 g/mol. The molecule has 1 heterocycles. The van der Waals surface area contributed by atoms with Crippen LogP contribution in [0.25, 0.3) is 0 Å². The van der Waals surface area contributed by atoms with E-state index in [1.165, 1.54) is 44.3 Å².